The fourth-order valence-corrected chi connectivity index (χ4v) is 4.47. The monoisotopic (exact) mass is 582 g/mol. The molecule has 0 aliphatic carbocycles. The Morgan fingerprint density at radius 1 is 0.860 bits per heavy atom. The molecule has 0 aliphatic heterocycles. The van der Waals surface area contributed by atoms with E-state index in [1.807, 2.05) is 6.07 Å². The summed E-state index contributed by atoms with van der Waals surface area (Å²) in [6, 6.07) is 15.6. The highest BCUT2D eigenvalue weighted by atomic mass is 16.6. The van der Waals surface area contributed by atoms with Crippen LogP contribution >= 0.6 is 0 Å². The Kier molecular flexibility index (Phi) is 8.91. The first-order valence-electron chi connectivity index (χ1n) is 12.7. The molecule has 0 spiro atoms. The molecule has 0 atom stereocenters. The number of benzene rings is 2. The van der Waals surface area contributed by atoms with Crippen molar-refractivity contribution in [2.45, 2.75) is 13.8 Å². The summed E-state index contributed by atoms with van der Waals surface area (Å²) in [6.07, 6.45) is 2.74. The Balaban J connectivity index is 1.69. The summed E-state index contributed by atoms with van der Waals surface area (Å²) in [5.74, 6) is -2.25. The van der Waals surface area contributed by atoms with E-state index in [0.29, 0.717) is 22.6 Å². The molecule has 0 saturated heterocycles. The molecule has 0 unspecified atom stereocenters. The van der Waals surface area contributed by atoms with E-state index < -0.39 is 23.7 Å². The molecule has 0 radical (unpaired) electrons. The van der Waals surface area contributed by atoms with Gasteiger partial charge in [0.25, 0.3) is 0 Å². The third-order valence-electron chi connectivity index (χ3n) is 6.48. The van der Waals surface area contributed by atoms with Crippen LogP contribution in [0.2, 0.25) is 0 Å². The molecule has 0 bridgehead atoms. The third kappa shape index (κ3) is 6.23. The Morgan fingerprint density at radius 3 is 2.09 bits per heavy atom. The quantitative estimate of drug-likeness (QED) is 0.0839. The molecule has 11 heteroatoms. The molecule has 0 N–H and O–H groups in total. The number of Topliss-reactive ketones (excluding diaryl/α,β-unsaturated/α-hetero) is 1. The maximum Gasteiger partial charge on any atom is 0.379 e. The number of carbonyl (C=O) groups is 4. The van der Waals surface area contributed by atoms with E-state index in [1.165, 1.54) is 70.1 Å². The second kappa shape index (κ2) is 12.7. The Bertz CT molecular complexity index is 1770. The number of aromatic nitrogens is 1. The van der Waals surface area contributed by atoms with Crippen LogP contribution in [0.25, 0.3) is 11.8 Å². The van der Waals surface area contributed by atoms with E-state index in [0.717, 1.165) is 0 Å². The van der Waals surface area contributed by atoms with E-state index in [9.17, 15) is 24.4 Å². The van der Waals surface area contributed by atoms with Crippen molar-refractivity contribution in [3.63, 3.8) is 0 Å². The van der Waals surface area contributed by atoms with Crippen LogP contribution < -0.4 is 9.47 Å². The molecule has 43 heavy (non-hydrogen) atoms. The number of rotatable bonds is 9. The number of carbonyl (C=O) groups excluding carboxylic acids is 4. The molecule has 2 aromatic carbocycles. The minimum absolute atomic E-state index is 0.0135. The zero-order valence-electron chi connectivity index (χ0n) is 23.9. The predicted octanol–water partition coefficient (Wildman–Crippen LogP) is 5.28. The lowest BCUT2D eigenvalue weighted by Gasteiger charge is -2.13. The molecular weight excluding hydrogens is 556 g/mol. The van der Waals surface area contributed by atoms with Crippen LogP contribution in [0.5, 0.6) is 11.5 Å². The van der Waals surface area contributed by atoms with Crippen LogP contribution in [0, 0.1) is 25.2 Å². The zero-order valence-corrected chi connectivity index (χ0v) is 23.9. The highest BCUT2D eigenvalue weighted by Gasteiger charge is 2.23. The summed E-state index contributed by atoms with van der Waals surface area (Å²) in [6.45, 7) is 3.43. The number of furan rings is 1. The molecule has 4 aromatic rings. The number of hydrogen-bond donors (Lipinski definition) is 0. The number of esters is 3. The highest BCUT2D eigenvalue weighted by molar-refractivity contribution is 6.15. The van der Waals surface area contributed by atoms with Gasteiger partial charge in [0.1, 0.15) is 11.6 Å². The summed E-state index contributed by atoms with van der Waals surface area (Å²) in [4.78, 5) is 50.5. The highest BCUT2D eigenvalue weighted by Crippen LogP contribution is 2.31. The maximum atomic E-state index is 13.6. The van der Waals surface area contributed by atoms with Crippen molar-refractivity contribution in [2.24, 2.45) is 0 Å². The van der Waals surface area contributed by atoms with Gasteiger partial charge in [0, 0.05) is 22.6 Å². The van der Waals surface area contributed by atoms with Gasteiger partial charge in [-0.15, -0.1) is 0 Å². The zero-order chi connectivity index (χ0) is 31.3. The average molecular weight is 583 g/mol. The summed E-state index contributed by atoms with van der Waals surface area (Å²) in [7, 11) is 3.84. The second-order valence-electron chi connectivity index (χ2n) is 9.15. The molecule has 0 fully saturated rings. The Hall–Kier alpha value is -5.89. The van der Waals surface area contributed by atoms with E-state index >= 15 is 0 Å². The van der Waals surface area contributed by atoms with Crippen LogP contribution in [0.15, 0.2) is 70.9 Å². The van der Waals surface area contributed by atoms with E-state index in [2.05, 4.69) is 0 Å². The lowest BCUT2D eigenvalue weighted by atomic mass is 10.0. The minimum atomic E-state index is -0.717. The molecule has 0 aliphatic rings. The van der Waals surface area contributed by atoms with Gasteiger partial charge in [-0.2, -0.15) is 5.26 Å². The number of hydrogen-bond acceptors (Lipinski definition) is 10. The van der Waals surface area contributed by atoms with E-state index in [4.69, 9.17) is 23.4 Å². The SMILES string of the molecule is COC(=O)c1cc(C(=O)OC)cc(-n2c(C)cc(C(=O)C(C#N)=Cc3ccc(OC(=O)c4ccco4)c(OC)c3)c2C)c1. The van der Waals surface area contributed by atoms with Crippen molar-refractivity contribution in [1.29, 1.82) is 5.26 Å². The lowest BCUT2D eigenvalue weighted by molar-refractivity contribution is 0.0597. The number of aryl methyl sites for hydroxylation is 1. The van der Waals surface area contributed by atoms with Gasteiger partial charge in [-0.3, -0.25) is 4.79 Å². The summed E-state index contributed by atoms with van der Waals surface area (Å²) in [5.41, 5.74) is 2.26. The van der Waals surface area contributed by atoms with Crippen molar-refractivity contribution in [3.05, 3.63) is 106 Å². The minimum Gasteiger partial charge on any atom is -0.493 e. The number of ether oxygens (including phenoxy) is 4. The molecule has 2 heterocycles. The average Bonchev–Trinajstić information content (AvgIpc) is 3.67. The van der Waals surface area contributed by atoms with Crippen LogP contribution in [-0.4, -0.2) is 49.6 Å². The van der Waals surface area contributed by atoms with E-state index in [1.54, 1.807) is 36.6 Å². The van der Waals surface area contributed by atoms with Gasteiger partial charge in [0.15, 0.2) is 11.5 Å². The van der Waals surface area contributed by atoms with Gasteiger partial charge in [0.2, 0.25) is 11.5 Å². The van der Waals surface area contributed by atoms with Crippen LogP contribution in [-0.2, 0) is 9.47 Å². The molecule has 218 valence electrons. The number of nitrogens with zero attached hydrogens (tertiary/aromatic N) is 2. The number of methoxy groups -OCH3 is 3. The predicted molar refractivity (Wildman–Crippen MR) is 153 cm³/mol. The van der Waals surface area contributed by atoms with Crippen LogP contribution in [0.4, 0.5) is 0 Å². The molecule has 2 aromatic heterocycles. The van der Waals surface area contributed by atoms with Gasteiger partial charge in [0.05, 0.1) is 38.7 Å². The van der Waals surface area contributed by atoms with Crippen molar-refractivity contribution in [3.8, 4) is 23.3 Å². The Labute approximate surface area is 246 Å². The smallest absolute Gasteiger partial charge is 0.379 e. The molecule has 4 rings (SSSR count). The van der Waals surface area contributed by atoms with Crippen LogP contribution in [0.1, 0.15) is 58.6 Å². The van der Waals surface area contributed by atoms with Crippen molar-refractivity contribution >= 4 is 29.8 Å². The molecular formula is C32H26N2O9. The van der Waals surface area contributed by atoms with Gasteiger partial charge in [-0.25, -0.2) is 14.4 Å². The van der Waals surface area contributed by atoms with Crippen molar-refractivity contribution in [1.82, 2.24) is 4.57 Å². The summed E-state index contributed by atoms with van der Waals surface area (Å²) >= 11 is 0. The Morgan fingerprint density at radius 2 is 1.53 bits per heavy atom. The first-order chi connectivity index (χ1) is 20.6. The largest absolute Gasteiger partial charge is 0.493 e. The number of ketones is 1. The number of nitriles is 1. The standard InChI is InChI=1S/C32H26N2O9/c1-18-11-25(19(2)34(18)24-15-21(30(36)40-4)14-22(16-24)31(37)41-5)29(35)23(17-33)12-20-8-9-26(28(13-20)39-3)43-32(38)27-7-6-10-42-27/h6-16H,1-5H3. The van der Waals surface area contributed by atoms with Crippen LogP contribution in [0.3, 0.4) is 0 Å². The second-order valence-corrected chi connectivity index (χ2v) is 9.15. The summed E-state index contributed by atoms with van der Waals surface area (Å²) < 4.78 is 27.1. The molecule has 0 saturated carbocycles. The van der Waals surface area contributed by atoms with Gasteiger partial charge >= 0.3 is 17.9 Å². The first kappa shape index (κ1) is 30.1. The normalized spacial score (nSPS) is 10.9. The fraction of sp³-hybridized carbons (Fsp3) is 0.156. The third-order valence-corrected chi connectivity index (χ3v) is 6.48. The number of allylic oxidation sites excluding steroid dienone is 1. The van der Waals surface area contributed by atoms with Crippen molar-refractivity contribution < 1.29 is 42.5 Å². The molecule has 11 nitrogen and oxygen atoms in total. The van der Waals surface area contributed by atoms with E-state index in [-0.39, 0.29) is 39.5 Å². The fourth-order valence-electron chi connectivity index (χ4n) is 4.47. The van der Waals surface area contributed by atoms with Gasteiger partial charge < -0.3 is 27.9 Å². The summed E-state index contributed by atoms with van der Waals surface area (Å²) in [5, 5.41) is 9.90. The first-order valence-corrected chi connectivity index (χ1v) is 12.7. The maximum absolute atomic E-state index is 13.6. The lowest BCUT2D eigenvalue weighted by Crippen LogP contribution is -2.10. The topological polar surface area (TPSA) is 147 Å². The van der Waals surface area contributed by atoms with Gasteiger partial charge in [-0.1, -0.05) is 6.07 Å². The van der Waals surface area contributed by atoms with Gasteiger partial charge in [-0.05, 0) is 74.0 Å². The molecule has 0 amide bonds. The van der Waals surface area contributed by atoms with Crippen molar-refractivity contribution in [2.75, 3.05) is 21.3 Å².